The zero-order valence-corrected chi connectivity index (χ0v) is 12.3. The van der Waals surface area contributed by atoms with Gasteiger partial charge in [-0.2, -0.15) is 0 Å². The molecule has 1 aromatic rings. The highest BCUT2D eigenvalue weighted by atomic mass is 16.5. The van der Waals surface area contributed by atoms with Crippen molar-refractivity contribution < 1.29 is 9.47 Å². The van der Waals surface area contributed by atoms with Gasteiger partial charge in [-0.15, -0.1) is 0 Å². The van der Waals surface area contributed by atoms with Crippen molar-refractivity contribution in [2.45, 2.75) is 45.4 Å². The number of methoxy groups -OCH3 is 1. The van der Waals surface area contributed by atoms with Gasteiger partial charge in [0.2, 0.25) is 0 Å². The van der Waals surface area contributed by atoms with Crippen LogP contribution in [0, 0.1) is 5.92 Å². The van der Waals surface area contributed by atoms with Crippen molar-refractivity contribution in [2.24, 2.45) is 5.92 Å². The van der Waals surface area contributed by atoms with E-state index in [0.29, 0.717) is 18.0 Å². The van der Waals surface area contributed by atoms with Gasteiger partial charge >= 0.3 is 0 Å². The Balaban J connectivity index is 1.98. The van der Waals surface area contributed by atoms with Crippen LogP contribution in [0.25, 0.3) is 0 Å². The van der Waals surface area contributed by atoms with Crippen LogP contribution in [-0.4, -0.2) is 25.8 Å². The first-order chi connectivity index (χ1) is 9.10. The van der Waals surface area contributed by atoms with Crippen molar-refractivity contribution >= 4 is 0 Å². The number of morpholine rings is 1. The summed E-state index contributed by atoms with van der Waals surface area (Å²) in [7, 11) is 1.69. The molecule has 1 N–H and O–H groups in total. The standard InChI is InChI=1S/C16H25NO2/c1-11(2)9-14-10-19-16(12(3)17-14)13-5-7-15(18-4)8-6-13/h5-8,11-12,14,16-17H,9-10H2,1-4H3. The van der Waals surface area contributed by atoms with E-state index in [9.17, 15) is 0 Å². The Kier molecular flexibility index (Phi) is 4.83. The van der Waals surface area contributed by atoms with Gasteiger partial charge in [-0.05, 0) is 37.0 Å². The van der Waals surface area contributed by atoms with Crippen molar-refractivity contribution in [1.82, 2.24) is 5.32 Å². The lowest BCUT2D eigenvalue weighted by molar-refractivity contribution is -0.0284. The summed E-state index contributed by atoms with van der Waals surface area (Å²) in [6.07, 6.45) is 1.30. The molecule has 0 radical (unpaired) electrons. The molecule has 3 heteroatoms. The highest BCUT2D eigenvalue weighted by Gasteiger charge is 2.28. The van der Waals surface area contributed by atoms with Crippen LogP contribution in [-0.2, 0) is 4.74 Å². The molecule has 1 aliphatic rings. The Morgan fingerprint density at radius 3 is 2.53 bits per heavy atom. The predicted molar refractivity (Wildman–Crippen MR) is 77.5 cm³/mol. The fraction of sp³-hybridized carbons (Fsp3) is 0.625. The highest BCUT2D eigenvalue weighted by molar-refractivity contribution is 5.29. The number of benzene rings is 1. The van der Waals surface area contributed by atoms with Crippen LogP contribution in [0.4, 0.5) is 0 Å². The molecular weight excluding hydrogens is 238 g/mol. The maximum Gasteiger partial charge on any atom is 0.118 e. The van der Waals surface area contributed by atoms with E-state index in [4.69, 9.17) is 9.47 Å². The molecule has 19 heavy (non-hydrogen) atoms. The maximum atomic E-state index is 6.06. The van der Waals surface area contributed by atoms with Crippen LogP contribution in [0.5, 0.6) is 5.75 Å². The first-order valence-corrected chi connectivity index (χ1v) is 7.11. The molecular formula is C16H25NO2. The summed E-state index contributed by atoms with van der Waals surface area (Å²) in [5.41, 5.74) is 1.21. The smallest absolute Gasteiger partial charge is 0.118 e. The molecule has 0 amide bonds. The van der Waals surface area contributed by atoms with Gasteiger partial charge in [0.05, 0.1) is 19.8 Å². The van der Waals surface area contributed by atoms with E-state index in [1.165, 1.54) is 12.0 Å². The molecule has 1 aliphatic heterocycles. The van der Waals surface area contributed by atoms with Crippen LogP contribution < -0.4 is 10.1 Å². The third-order valence-corrected chi connectivity index (χ3v) is 3.63. The van der Waals surface area contributed by atoms with Gasteiger partial charge in [-0.25, -0.2) is 0 Å². The summed E-state index contributed by atoms with van der Waals surface area (Å²) < 4.78 is 11.2. The molecule has 0 bridgehead atoms. The zero-order chi connectivity index (χ0) is 13.8. The molecule has 0 spiro atoms. The fourth-order valence-electron chi connectivity index (χ4n) is 2.76. The van der Waals surface area contributed by atoms with Crippen LogP contribution in [0.3, 0.4) is 0 Å². The highest BCUT2D eigenvalue weighted by Crippen LogP contribution is 2.27. The van der Waals surface area contributed by atoms with Gasteiger partial charge in [-0.1, -0.05) is 26.0 Å². The van der Waals surface area contributed by atoms with E-state index in [2.05, 4.69) is 38.2 Å². The molecule has 1 saturated heterocycles. The average Bonchev–Trinajstić information content (AvgIpc) is 2.38. The largest absolute Gasteiger partial charge is 0.497 e. The first kappa shape index (κ1) is 14.4. The number of nitrogens with one attached hydrogen (secondary N) is 1. The molecule has 106 valence electrons. The van der Waals surface area contributed by atoms with Crippen LogP contribution in [0.1, 0.15) is 38.9 Å². The van der Waals surface area contributed by atoms with Crippen molar-refractivity contribution in [1.29, 1.82) is 0 Å². The Morgan fingerprint density at radius 1 is 1.32 bits per heavy atom. The molecule has 3 nitrogen and oxygen atoms in total. The molecule has 3 atom stereocenters. The molecule has 3 unspecified atom stereocenters. The van der Waals surface area contributed by atoms with Gasteiger partial charge in [0.15, 0.2) is 0 Å². The zero-order valence-electron chi connectivity index (χ0n) is 12.3. The van der Waals surface area contributed by atoms with Gasteiger partial charge in [0, 0.05) is 12.1 Å². The average molecular weight is 263 g/mol. The lowest BCUT2D eigenvalue weighted by Crippen LogP contribution is -2.49. The van der Waals surface area contributed by atoms with Gasteiger partial charge in [0.25, 0.3) is 0 Å². The van der Waals surface area contributed by atoms with Crippen LogP contribution >= 0.6 is 0 Å². The van der Waals surface area contributed by atoms with Crippen molar-refractivity contribution in [3.63, 3.8) is 0 Å². The molecule has 1 heterocycles. The molecule has 0 saturated carbocycles. The molecule has 2 rings (SSSR count). The Hall–Kier alpha value is -1.06. The summed E-state index contributed by atoms with van der Waals surface area (Å²) in [4.78, 5) is 0. The van der Waals surface area contributed by atoms with E-state index in [1.54, 1.807) is 7.11 Å². The van der Waals surface area contributed by atoms with Crippen molar-refractivity contribution in [3.05, 3.63) is 29.8 Å². The lowest BCUT2D eigenvalue weighted by Gasteiger charge is -2.36. The molecule has 0 aromatic heterocycles. The summed E-state index contributed by atoms with van der Waals surface area (Å²) in [5, 5.41) is 3.67. The Bertz CT molecular complexity index is 388. The second-order valence-corrected chi connectivity index (χ2v) is 5.81. The summed E-state index contributed by atoms with van der Waals surface area (Å²) >= 11 is 0. The number of rotatable bonds is 4. The van der Waals surface area contributed by atoms with Crippen molar-refractivity contribution in [3.8, 4) is 5.75 Å². The van der Waals surface area contributed by atoms with E-state index in [0.717, 1.165) is 12.4 Å². The van der Waals surface area contributed by atoms with Crippen LogP contribution in [0.2, 0.25) is 0 Å². The Labute approximate surface area is 116 Å². The minimum atomic E-state index is 0.134. The Morgan fingerprint density at radius 2 is 2.00 bits per heavy atom. The SMILES string of the molecule is COc1ccc(C2OCC(CC(C)C)NC2C)cc1. The normalized spacial score (nSPS) is 27.5. The lowest BCUT2D eigenvalue weighted by atomic mass is 9.97. The summed E-state index contributed by atoms with van der Waals surface area (Å²) in [6.45, 7) is 7.49. The minimum Gasteiger partial charge on any atom is -0.497 e. The summed E-state index contributed by atoms with van der Waals surface area (Å²) in [5.74, 6) is 1.59. The van der Waals surface area contributed by atoms with Crippen molar-refractivity contribution in [2.75, 3.05) is 13.7 Å². The predicted octanol–water partition coefficient (Wildman–Crippen LogP) is 3.16. The maximum absolute atomic E-state index is 6.06. The monoisotopic (exact) mass is 263 g/mol. The van der Waals surface area contributed by atoms with Gasteiger partial charge < -0.3 is 14.8 Å². The second-order valence-electron chi connectivity index (χ2n) is 5.81. The first-order valence-electron chi connectivity index (χ1n) is 7.11. The summed E-state index contributed by atoms with van der Waals surface area (Å²) in [6, 6.07) is 8.97. The van der Waals surface area contributed by atoms with E-state index >= 15 is 0 Å². The molecule has 1 fully saturated rings. The number of hydrogen-bond acceptors (Lipinski definition) is 3. The van der Waals surface area contributed by atoms with Gasteiger partial charge in [-0.3, -0.25) is 0 Å². The third kappa shape index (κ3) is 3.71. The number of ether oxygens (including phenoxy) is 2. The quantitative estimate of drug-likeness (QED) is 0.905. The topological polar surface area (TPSA) is 30.5 Å². The van der Waals surface area contributed by atoms with E-state index in [1.807, 2.05) is 12.1 Å². The van der Waals surface area contributed by atoms with E-state index in [-0.39, 0.29) is 6.10 Å². The third-order valence-electron chi connectivity index (χ3n) is 3.63. The second kappa shape index (κ2) is 6.40. The van der Waals surface area contributed by atoms with E-state index < -0.39 is 0 Å². The molecule has 1 aromatic carbocycles. The minimum absolute atomic E-state index is 0.134. The molecule has 0 aliphatic carbocycles. The number of hydrogen-bond donors (Lipinski definition) is 1. The fourth-order valence-corrected chi connectivity index (χ4v) is 2.76. The van der Waals surface area contributed by atoms with Crippen LogP contribution in [0.15, 0.2) is 24.3 Å². The van der Waals surface area contributed by atoms with Gasteiger partial charge in [0.1, 0.15) is 5.75 Å².